The summed E-state index contributed by atoms with van der Waals surface area (Å²) in [4.78, 5) is 11.9. The Labute approximate surface area is 131 Å². The SMILES string of the molecule is CNC(=O)C(C)(C)CN[C@H]1CCCOc2c(Cl)cccc21. The van der Waals surface area contributed by atoms with Gasteiger partial charge in [0.15, 0.2) is 0 Å². The second-order valence-corrected chi connectivity index (χ2v) is 6.45. The lowest BCUT2D eigenvalue weighted by molar-refractivity contribution is -0.128. The van der Waals surface area contributed by atoms with Crippen molar-refractivity contribution >= 4 is 17.5 Å². The summed E-state index contributed by atoms with van der Waals surface area (Å²) < 4.78 is 5.76. The number of halogens is 1. The lowest BCUT2D eigenvalue weighted by Crippen LogP contribution is -2.43. The molecule has 116 valence electrons. The fourth-order valence-electron chi connectivity index (χ4n) is 2.58. The van der Waals surface area contributed by atoms with Crippen LogP contribution in [0.5, 0.6) is 5.75 Å². The maximum Gasteiger partial charge on any atom is 0.226 e. The molecule has 1 amide bonds. The molecule has 1 heterocycles. The highest BCUT2D eigenvalue weighted by molar-refractivity contribution is 6.32. The topological polar surface area (TPSA) is 50.4 Å². The highest BCUT2D eigenvalue weighted by Crippen LogP contribution is 2.37. The predicted octanol–water partition coefficient (Wildman–Crippen LogP) is 2.92. The van der Waals surface area contributed by atoms with E-state index >= 15 is 0 Å². The molecule has 0 fully saturated rings. The van der Waals surface area contributed by atoms with Gasteiger partial charge in [-0.25, -0.2) is 0 Å². The van der Waals surface area contributed by atoms with Crippen LogP contribution in [0.1, 0.15) is 38.3 Å². The van der Waals surface area contributed by atoms with Crippen molar-refractivity contribution in [1.82, 2.24) is 10.6 Å². The molecular formula is C16H23ClN2O2. The summed E-state index contributed by atoms with van der Waals surface area (Å²) >= 11 is 6.23. The maximum atomic E-state index is 11.9. The Hall–Kier alpha value is -1.26. The van der Waals surface area contributed by atoms with Crippen LogP contribution in [0.3, 0.4) is 0 Å². The van der Waals surface area contributed by atoms with Gasteiger partial charge in [-0.05, 0) is 32.8 Å². The van der Waals surface area contributed by atoms with Gasteiger partial charge >= 0.3 is 0 Å². The number of carbonyl (C=O) groups excluding carboxylic acids is 1. The molecule has 0 saturated heterocycles. The summed E-state index contributed by atoms with van der Waals surface area (Å²) in [5, 5.41) is 6.86. The Kier molecular flexibility index (Phi) is 5.12. The molecule has 21 heavy (non-hydrogen) atoms. The van der Waals surface area contributed by atoms with Crippen molar-refractivity contribution < 1.29 is 9.53 Å². The maximum absolute atomic E-state index is 11.9. The second kappa shape index (κ2) is 6.67. The number of amides is 1. The lowest BCUT2D eigenvalue weighted by Gasteiger charge is -2.27. The minimum Gasteiger partial charge on any atom is -0.492 e. The van der Waals surface area contributed by atoms with Crippen LogP contribution in [0.25, 0.3) is 0 Å². The number of hydrogen-bond donors (Lipinski definition) is 2. The molecule has 4 nitrogen and oxygen atoms in total. The molecule has 0 aliphatic carbocycles. The van der Waals surface area contributed by atoms with Gasteiger partial charge in [0.2, 0.25) is 5.91 Å². The van der Waals surface area contributed by atoms with Crippen molar-refractivity contribution in [3.63, 3.8) is 0 Å². The molecule has 2 N–H and O–H groups in total. The van der Waals surface area contributed by atoms with E-state index in [0.29, 0.717) is 18.2 Å². The van der Waals surface area contributed by atoms with E-state index in [0.717, 1.165) is 24.2 Å². The van der Waals surface area contributed by atoms with Crippen molar-refractivity contribution in [1.29, 1.82) is 0 Å². The van der Waals surface area contributed by atoms with Crippen LogP contribution in [0, 0.1) is 5.41 Å². The standard InChI is InChI=1S/C16H23ClN2O2/c1-16(2,15(20)18-3)10-19-13-8-5-9-21-14-11(13)6-4-7-12(14)17/h4,6-7,13,19H,5,8-10H2,1-3H3,(H,18,20)/t13-/m0/s1. The number of carbonyl (C=O) groups is 1. The van der Waals surface area contributed by atoms with Crippen LogP contribution < -0.4 is 15.4 Å². The predicted molar refractivity (Wildman–Crippen MR) is 84.8 cm³/mol. The number of rotatable bonds is 4. The van der Waals surface area contributed by atoms with Crippen LogP contribution in [-0.4, -0.2) is 26.1 Å². The van der Waals surface area contributed by atoms with Gasteiger partial charge in [-0.2, -0.15) is 0 Å². The van der Waals surface area contributed by atoms with E-state index in [4.69, 9.17) is 16.3 Å². The minimum atomic E-state index is -0.458. The first-order chi connectivity index (χ1) is 9.95. The van der Waals surface area contributed by atoms with E-state index in [-0.39, 0.29) is 11.9 Å². The Balaban J connectivity index is 2.14. The quantitative estimate of drug-likeness (QED) is 0.899. The van der Waals surface area contributed by atoms with Gasteiger partial charge in [0.05, 0.1) is 17.0 Å². The number of benzene rings is 1. The van der Waals surface area contributed by atoms with Gasteiger partial charge in [0, 0.05) is 25.2 Å². The van der Waals surface area contributed by atoms with Crippen LogP contribution in [0.4, 0.5) is 0 Å². The first kappa shape index (κ1) is 16.1. The summed E-state index contributed by atoms with van der Waals surface area (Å²) in [6.07, 6.45) is 1.93. The molecule has 1 aromatic carbocycles. The molecular weight excluding hydrogens is 288 g/mol. The third kappa shape index (κ3) is 3.69. The van der Waals surface area contributed by atoms with Crippen molar-refractivity contribution in [2.45, 2.75) is 32.7 Å². The Morgan fingerprint density at radius 2 is 2.24 bits per heavy atom. The Morgan fingerprint density at radius 1 is 1.48 bits per heavy atom. The summed E-state index contributed by atoms with van der Waals surface area (Å²) in [5.74, 6) is 0.804. The Bertz CT molecular complexity index is 517. The van der Waals surface area contributed by atoms with E-state index in [1.807, 2.05) is 32.0 Å². The molecule has 0 spiro atoms. The summed E-state index contributed by atoms with van der Waals surface area (Å²) in [6, 6.07) is 5.98. The highest BCUT2D eigenvalue weighted by Gasteiger charge is 2.29. The van der Waals surface area contributed by atoms with Gasteiger partial charge in [-0.1, -0.05) is 23.7 Å². The zero-order chi connectivity index (χ0) is 15.5. The number of nitrogens with one attached hydrogen (secondary N) is 2. The number of fused-ring (bicyclic) bond motifs is 1. The van der Waals surface area contributed by atoms with E-state index < -0.39 is 5.41 Å². The molecule has 0 bridgehead atoms. The zero-order valence-corrected chi connectivity index (χ0v) is 13.6. The van der Waals surface area contributed by atoms with E-state index in [1.54, 1.807) is 7.05 Å². The number of para-hydroxylation sites is 1. The van der Waals surface area contributed by atoms with Crippen LogP contribution in [0.15, 0.2) is 18.2 Å². The van der Waals surface area contributed by atoms with Crippen LogP contribution >= 0.6 is 11.6 Å². The molecule has 1 atom stereocenters. The summed E-state index contributed by atoms with van der Waals surface area (Å²) in [5.41, 5.74) is 0.619. The van der Waals surface area contributed by atoms with E-state index in [9.17, 15) is 4.79 Å². The van der Waals surface area contributed by atoms with Gasteiger partial charge in [-0.15, -0.1) is 0 Å². The normalized spacial score (nSPS) is 18.4. The average Bonchev–Trinajstić information content (AvgIpc) is 2.67. The fourth-order valence-corrected chi connectivity index (χ4v) is 2.81. The molecule has 0 saturated carbocycles. The van der Waals surface area contributed by atoms with E-state index in [2.05, 4.69) is 10.6 Å². The van der Waals surface area contributed by atoms with E-state index in [1.165, 1.54) is 0 Å². The molecule has 0 unspecified atom stereocenters. The van der Waals surface area contributed by atoms with Gasteiger partial charge in [0.25, 0.3) is 0 Å². The largest absolute Gasteiger partial charge is 0.492 e. The third-order valence-corrected chi connectivity index (χ3v) is 4.19. The minimum absolute atomic E-state index is 0.0335. The number of ether oxygens (including phenoxy) is 1. The first-order valence-electron chi connectivity index (χ1n) is 7.32. The van der Waals surface area contributed by atoms with Crippen molar-refractivity contribution in [2.75, 3.05) is 20.2 Å². The number of hydrogen-bond acceptors (Lipinski definition) is 3. The van der Waals surface area contributed by atoms with Crippen LogP contribution in [0.2, 0.25) is 5.02 Å². The molecule has 2 rings (SSSR count). The molecule has 1 aliphatic rings. The summed E-state index contributed by atoms with van der Waals surface area (Å²) in [7, 11) is 1.67. The fraction of sp³-hybridized carbons (Fsp3) is 0.562. The van der Waals surface area contributed by atoms with Crippen molar-refractivity contribution in [2.24, 2.45) is 5.41 Å². The molecule has 0 aromatic heterocycles. The molecule has 1 aliphatic heterocycles. The van der Waals surface area contributed by atoms with Crippen LogP contribution in [-0.2, 0) is 4.79 Å². The second-order valence-electron chi connectivity index (χ2n) is 6.05. The smallest absolute Gasteiger partial charge is 0.226 e. The van der Waals surface area contributed by atoms with Gasteiger partial charge < -0.3 is 15.4 Å². The first-order valence-corrected chi connectivity index (χ1v) is 7.70. The van der Waals surface area contributed by atoms with Crippen molar-refractivity contribution in [3.8, 4) is 5.75 Å². The molecule has 0 radical (unpaired) electrons. The lowest BCUT2D eigenvalue weighted by atomic mass is 9.91. The summed E-state index contributed by atoms with van der Waals surface area (Å²) in [6.45, 7) is 5.15. The van der Waals surface area contributed by atoms with Crippen molar-refractivity contribution in [3.05, 3.63) is 28.8 Å². The molecule has 5 heteroatoms. The van der Waals surface area contributed by atoms with Gasteiger partial charge in [0.1, 0.15) is 5.75 Å². The monoisotopic (exact) mass is 310 g/mol. The molecule has 1 aromatic rings. The Morgan fingerprint density at radius 3 is 2.95 bits per heavy atom. The third-order valence-electron chi connectivity index (χ3n) is 3.89. The highest BCUT2D eigenvalue weighted by atomic mass is 35.5. The average molecular weight is 311 g/mol. The van der Waals surface area contributed by atoms with Gasteiger partial charge in [-0.3, -0.25) is 4.79 Å². The zero-order valence-electron chi connectivity index (χ0n) is 12.8.